The lowest BCUT2D eigenvalue weighted by atomic mass is 10.2. The van der Waals surface area contributed by atoms with Gasteiger partial charge in [0.15, 0.2) is 0 Å². The van der Waals surface area contributed by atoms with Crippen molar-refractivity contribution >= 4 is 51.8 Å². The first kappa shape index (κ1) is 12.9. The molecule has 2 heterocycles. The number of halogens is 2. The normalized spacial score (nSPS) is 12.4. The number of hydrogen-bond donors (Lipinski definition) is 1. The lowest BCUT2D eigenvalue weighted by Crippen LogP contribution is -2.25. The highest BCUT2D eigenvalue weighted by atomic mass is 35.5. The van der Waals surface area contributed by atoms with Crippen LogP contribution < -0.4 is 5.32 Å². The lowest BCUT2D eigenvalue weighted by molar-refractivity contribution is 0.0944. The molecule has 2 aromatic rings. The van der Waals surface area contributed by atoms with Crippen molar-refractivity contribution in [2.24, 2.45) is 0 Å². The Kier molecular flexibility index (Phi) is 4.09. The van der Waals surface area contributed by atoms with E-state index >= 15 is 0 Å². The average molecular weight is 306 g/mol. The van der Waals surface area contributed by atoms with Gasteiger partial charge in [-0.05, 0) is 31.2 Å². The summed E-state index contributed by atoms with van der Waals surface area (Å²) in [5.41, 5.74) is 0. The maximum absolute atomic E-state index is 11.9. The van der Waals surface area contributed by atoms with Gasteiger partial charge in [-0.1, -0.05) is 23.2 Å². The van der Waals surface area contributed by atoms with Crippen LogP contribution in [0.2, 0.25) is 8.67 Å². The molecule has 0 spiro atoms. The summed E-state index contributed by atoms with van der Waals surface area (Å²) in [7, 11) is 0. The molecule has 0 bridgehead atoms. The van der Waals surface area contributed by atoms with Gasteiger partial charge in [-0.2, -0.15) is 0 Å². The van der Waals surface area contributed by atoms with Crippen LogP contribution in [-0.2, 0) is 0 Å². The summed E-state index contributed by atoms with van der Waals surface area (Å²) in [6, 6.07) is 7.12. The van der Waals surface area contributed by atoms with E-state index in [-0.39, 0.29) is 11.9 Å². The molecule has 6 heteroatoms. The van der Waals surface area contributed by atoms with E-state index in [1.807, 2.05) is 19.1 Å². The molecule has 1 unspecified atom stereocenters. The summed E-state index contributed by atoms with van der Waals surface area (Å²) in [5, 5.41) is 2.90. The molecule has 0 aromatic carbocycles. The quantitative estimate of drug-likeness (QED) is 0.881. The fraction of sp³-hybridized carbons (Fsp3) is 0.182. The van der Waals surface area contributed by atoms with E-state index in [1.54, 1.807) is 12.1 Å². The summed E-state index contributed by atoms with van der Waals surface area (Å²) in [5.74, 6) is -0.112. The van der Waals surface area contributed by atoms with E-state index in [1.165, 1.54) is 22.7 Å². The SMILES string of the molecule is CC(NC(=O)c1ccc(Cl)s1)c1ccc(Cl)s1. The van der Waals surface area contributed by atoms with Crippen LogP contribution in [0.3, 0.4) is 0 Å². The monoisotopic (exact) mass is 305 g/mol. The van der Waals surface area contributed by atoms with Gasteiger partial charge in [0.1, 0.15) is 0 Å². The second-order valence-electron chi connectivity index (χ2n) is 3.44. The smallest absolute Gasteiger partial charge is 0.261 e. The Bertz CT molecular complexity index is 535. The number of thiophene rings is 2. The van der Waals surface area contributed by atoms with E-state index in [2.05, 4.69) is 5.32 Å². The minimum Gasteiger partial charge on any atom is -0.344 e. The number of amides is 1. The summed E-state index contributed by atoms with van der Waals surface area (Å²) in [6.45, 7) is 1.93. The van der Waals surface area contributed by atoms with Gasteiger partial charge in [0.05, 0.1) is 19.6 Å². The summed E-state index contributed by atoms with van der Waals surface area (Å²) < 4.78 is 1.34. The van der Waals surface area contributed by atoms with Gasteiger partial charge in [-0.3, -0.25) is 4.79 Å². The van der Waals surface area contributed by atoms with Crippen LogP contribution in [0.25, 0.3) is 0 Å². The Hall–Kier alpha value is -0.550. The number of carbonyl (C=O) groups is 1. The third-order valence-corrected chi connectivity index (χ3v) is 4.81. The van der Waals surface area contributed by atoms with Crippen LogP contribution in [-0.4, -0.2) is 5.91 Å². The summed E-state index contributed by atoms with van der Waals surface area (Å²) in [4.78, 5) is 13.5. The molecule has 0 aliphatic carbocycles. The highest BCUT2D eigenvalue weighted by molar-refractivity contribution is 7.18. The summed E-state index contributed by atoms with van der Waals surface area (Å²) in [6.07, 6.45) is 0. The van der Waals surface area contributed by atoms with E-state index in [9.17, 15) is 4.79 Å². The second kappa shape index (κ2) is 5.40. The zero-order chi connectivity index (χ0) is 12.4. The lowest BCUT2D eigenvalue weighted by Gasteiger charge is -2.10. The molecule has 0 saturated heterocycles. The fourth-order valence-corrected chi connectivity index (χ4v) is 3.35. The minimum atomic E-state index is -0.112. The molecule has 2 rings (SSSR count). The van der Waals surface area contributed by atoms with E-state index in [0.29, 0.717) is 9.21 Å². The van der Waals surface area contributed by atoms with Gasteiger partial charge in [-0.25, -0.2) is 0 Å². The number of nitrogens with one attached hydrogen (secondary N) is 1. The number of hydrogen-bond acceptors (Lipinski definition) is 3. The van der Waals surface area contributed by atoms with Crippen molar-refractivity contribution in [1.29, 1.82) is 0 Å². The Labute approximate surface area is 117 Å². The van der Waals surface area contributed by atoms with Gasteiger partial charge >= 0.3 is 0 Å². The molecule has 0 fully saturated rings. The molecule has 0 saturated carbocycles. The third kappa shape index (κ3) is 3.22. The molecular weight excluding hydrogens is 297 g/mol. The Morgan fingerprint density at radius 2 is 1.82 bits per heavy atom. The molecule has 0 aliphatic rings. The predicted octanol–water partition coefficient (Wildman–Crippen LogP) is 4.61. The molecule has 0 radical (unpaired) electrons. The van der Waals surface area contributed by atoms with Gasteiger partial charge < -0.3 is 5.32 Å². The fourth-order valence-electron chi connectivity index (χ4n) is 1.34. The predicted molar refractivity (Wildman–Crippen MR) is 74.5 cm³/mol. The number of rotatable bonds is 3. The van der Waals surface area contributed by atoms with Crippen LogP contribution in [0.4, 0.5) is 0 Å². The van der Waals surface area contributed by atoms with Crippen LogP contribution in [0.1, 0.15) is 27.5 Å². The third-order valence-electron chi connectivity index (χ3n) is 2.17. The van der Waals surface area contributed by atoms with Crippen molar-refractivity contribution < 1.29 is 4.79 Å². The van der Waals surface area contributed by atoms with E-state index in [4.69, 9.17) is 23.2 Å². The van der Waals surface area contributed by atoms with Crippen molar-refractivity contribution in [3.05, 3.63) is 42.7 Å². The average Bonchev–Trinajstić information content (AvgIpc) is 2.87. The van der Waals surface area contributed by atoms with E-state index in [0.717, 1.165) is 9.21 Å². The van der Waals surface area contributed by atoms with Crippen LogP contribution in [0.15, 0.2) is 24.3 Å². The highest BCUT2D eigenvalue weighted by Crippen LogP contribution is 2.27. The first-order chi connectivity index (χ1) is 8.06. The van der Waals surface area contributed by atoms with Gasteiger partial charge in [-0.15, -0.1) is 22.7 Å². The highest BCUT2D eigenvalue weighted by Gasteiger charge is 2.14. The van der Waals surface area contributed by atoms with Gasteiger partial charge in [0.25, 0.3) is 5.91 Å². The van der Waals surface area contributed by atoms with Crippen molar-refractivity contribution in [1.82, 2.24) is 5.32 Å². The Balaban J connectivity index is 2.04. The van der Waals surface area contributed by atoms with Gasteiger partial charge in [0, 0.05) is 4.88 Å². The Morgan fingerprint density at radius 1 is 1.18 bits per heavy atom. The molecule has 2 aromatic heterocycles. The van der Waals surface area contributed by atoms with Gasteiger partial charge in [0.2, 0.25) is 0 Å². The van der Waals surface area contributed by atoms with Crippen LogP contribution in [0, 0.1) is 0 Å². The topological polar surface area (TPSA) is 29.1 Å². The maximum atomic E-state index is 11.9. The van der Waals surface area contributed by atoms with Crippen molar-refractivity contribution in [2.75, 3.05) is 0 Å². The standard InChI is InChI=1S/C11H9Cl2NOS2/c1-6(7-2-4-9(12)16-7)14-11(15)8-3-5-10(13)17-8/h2-6H,1H3,(H,14,15). The molecule has 1 N–H and O–H groups in total. The zero-order valence-electron chi connectivity index (χ0n) is 8.87. The molecular formula is C11H9Cl2NOS2. The second-order valence-corrected chi connectivity index (χ2v) is 6.90. The van der Waals surface area contributed by atoms with Crippen molar-refractivity contribution in [3.8, 4) is 0 Å². The molecule has 2 nitrogen and oxygen atoms in total. The summed E-state index contributed by atoms with van der Waals surface area (Å²) >= 11 is 14.4. The zero-order valence-corrected chi connectivity index (χ0v) is 12.0. The first-order valence-corrected chi connectivity index (χ1v) is 7.26. The van der Waals surface area contributed by atoms with Crippen molar-refractivity contribution in [2.45, 2.75) is 13.0 Å². The van der Waals surface area contributed by atoms with Crippen LogP contribution in [0.5, 0.6) is 0 Å². The first-order valence-electron chi connectivity index (χ1n) is 4.87. The Morgan fingerprint density at radius 3 is 2.35 bits per heavy atom. The van der Waals surface area contributed by atoms with Crippen LogP contribution >= 0.6 is 45.9 Å². The molecule has 1 amide bonds. The molecule has 1 atom stereocenters. The minimum absolute atomic E-state index is 0.0547. The maximum Gasteiger partial charge on any atom is 0.261 e. The number of carbonyl (C=O) groups excluding carboxylic acids is 1. The molecule has 17 heavy (non-hydrogen) atoms. The molecule has 90 valence electrons. The van der Waals surface area contributed by atoms with E-state index < -0.39 is 0 Å². The van der Waals surface area contributed by atoms with Crippen molar-refractivity contribution in [3.63, 3.8) is 0 Å². The largest absolute Gasteiger partial charge is 0.344 e. The molecule has 0 aliphatic heterocycles.